The van der Waals surface area contributed by atoms with Crippen molar-refractivity contribution in [3.05, 3.63) is 11.6 Å². The number of esters is 1. The number of ketones is 2. The number of rotatable bonds is 6. The van der Waals surface area contributed by atoms with E-state index in [2.05, 4.69) is 20.8 Å². The molecule has 3 saturated carbocycles. The van der Waals surface area contributed by atoms with Crippen LogP contribution < -0.4 is 0 Å². The van der Waals surface area contributed by atoms with E-state index in [4.69, 9.17) is 4.74 Å². The highest BCUT2D eigenvalue weighted by molar-refractivity contribution is 5.91. The number of allylic oxidation sites excluding steroid dienone is 1. The van der Waals surface area contributed by atoms with Crippen LogP contribution in [0.5, 0.6) is 0 Å². The maximum absolute atomic E-state index is 13.1. The van der Waals surface area contributed by atoms with E-state index in [0.717, 1.165) is 57.8 Å². The third-order valence-electron chi connectivity index (χ3n) is 9.92. The summed E-state index contributed by atoms with van der Waals surface area (Å²) in [6.45, 7) is 8.37. The Kier molecular flexibility index (Phi) is 5.98. The molecule has 4 nitrogen and oxygen atoms in total. The van der Waals surface area contributed by atoms with Gasteiger partial charge >= 0.3 is 5.97 Å². The van der Waals surface area contributed by atoms with E-state index in [9.17, 15) is 14.4 Å². The number of carbonyl (C=O) groups excluding carboxylic acids is 3. The number of ether oxygens (including phenoxy) is 1. The predicted molar refractivity (Wildman–Crippen MR) is 120 cm³/mol. The van der Waals surface area contributed by atoms with Gasteiger partial charge in [0.05, 0.1) is 0 Å². The molecule has 4 aliphatic carbocycles. The SMILES string of the molecule is CCCCCC(=O)OC1(C(C)=O)CCC2C3CCC4=CC(=O)CC[C@]4(C)C3CC[C@@]21C. The van der Waals surface area contributed by atoms with E-state index in [1.54, 1.807) is 6.92 Å². The van der Waals surface area contributed by atoms with Gasteiger partial charge in [0.2, 0.25) is 0 Å². The van der Waals surface area contributed by atoms with E-state index >= 15 is 0 Å². The zero-order valence-corrected chi connectivity index (χ0v) is 19.9. The summed E-state index contributed by atoms with van der Waals surface area (Å²) in [5.74, 6) is 1.66. The van der Waals surface area contributed by atoms with Crippen LogP contribution >= 0.6 is 0 Å². The molecule has 0 spiro atoms. The van der Waals surface area contributed by atoms with Crippen molar-refractivity contribution in [2.45, 2.75) is 110 Å². The Hall–Kier alpha value is -1.45. The Labute approximate surface area is 187 Å². The van der Waals surface area contributed by atoms with Gasteiger partial charge in [-0.05, 0) is 87.5 Å². The van der Waals surface area contributed by atoms with Crippen LogP contribution in [0.1, 0.15) is 105 Å². The van der Waals surface area contributed by atoms with Crippen LogP contribution in [-0.4, -0.2) is 23.1 Å². The van der Waals surface area contributed by atoms with Crippen LogP contribution in [0, 0.1) is 28.6 Å². The Bertz CT molecular complexity index is 797. The highest BCUT2D eigenvalue weighted by atomic mass is 16.6. The third kappa shape index (κ3) is 3.43. The van der Waals surface area contributed by atoms with Gasteiger partial charge in [-0.15, -0.1) is 0 Å². The second kappa shape index (κ2) is 8.15. The number of carbonyl (C=O) groups is 3. The van der Waals surface area contributed by atoms with Crippen molar-refractivity contribution in [2.24, 2.45) is 28.6 Å². The molecule has 0 amide bonds. The first-order valence-electron chi connectivity index (χ1n) is 12.6. The van der Waals surface area contributed by atoms with Crippen LogP contribution in [0.2, 0.25) is 0 Å². The number of Topliss-reactive ketones (excluding diaryl/α,β-unsaturated/α-hetero) is 1. The monoisotopic (exact) mass is 428 g/mol. The van der Waals surface area contributed by atoms with Crippen LogP contribution in [0.15, 0.2) is 11.6 Å². The first kappa shape index (κ1) is 22.7. The summed E-state index contributed by atoms with van der Waals surface area (Å²) in [5.41, 5.74) is 0.261. The lowest BCUT2D eigenvalue weighted by Gasteiger charge is -2.59. The molecule has 31 heavy (non-hydrogen) atoms. The van der Waals surface area contributed by atoms with Gasteiger partial charge in [0.15, 0.2) is 17.2 Å². The van der Waals surface area contributed by atoms with Crippen LogP contribution in [-0.2, 0) is 19.1 Å². The van der Waals surface area contributed by atoms with Crippen LogP contribution in [0.3, 0.4) is 0 Å². The molecular formula is C27H40O4. The van der Waals surface area contributed by atoms with Crippen molar-refractivity contribution in [1.82, 2.24) is 0 Å². The summed E-state index contributed by atoms with van der Waals surface area (Å²) in [7, 11) is 0. The molecule has 0 saturated heterocycles. The second-order valence-electron chi connectivity index (χ2n) is 11.3. The highest BCUT2D eigenvalue weighted by Gasteiger charge is 2.67. The van der Waals surface area contributed by atoms with Gasteiger partial charge in [-0.2, -0.15) is 0 Å². The van der Waals surface area contributed by atoms with Gasteiger partial charge in [0.25, 0.3) is 0 Å². The maximum Gasteiger partial charge on any atom is 0.306 e. The van der Waals surface area contributed by atoms with Crippen molar-refractivity contribution >= 4 is 17.5 Å². The van der Waals surface area contributed by atoms with Crippen molar-refractivity contribution in [3.63, 3.8) is 0 Å². The molecule has 4 aliphatic rings. The topological polar surface area (TPSA) is 60.4 Å². The molecule has 0 aromatic heterocycles. The fraction of sp³-hybridized carbons (Fsp3) is 0.815. The van der Waals surface area contributed by atoms with Crippen molar-refractivity contribution in [2.75, 3.05) is 0 Å². The zero-order chi connectivity index (χ0) is 22.4. The Balaban J connectivity index is 1.59. The fourth-order valence-corrected chi connectivity index (χ4v) is 8.14. The first-order valence-corrected chi connectivity index (χ1v) is 12.6. The highest BCUT2D eigenvalue weighted by Crippen LogP contribution is 2.68. The molecule has 0 radical (unpaired) electrons. The van der Waals surface area contributed by atoms with Gasteiger partial charge < -0.3 is 4.74 Å². The van der Waals surface area contributed by atoms with Gasteiger partial charge in [-0.25, -0.2) is 0 Å². The summed E-state index contributed by atoms with van der Waals surface area (Å²) < 4.78 is 6.16. The van der Waals surface area contributed by atoms with Gasteiger partial charge in [-0.3, -0.25) is 14.4 Å². The van der Waals surface area contributed by atoms with Gasteiger partial charge in [0.1, 0.15) is 0 Å². The van der Waals surface area contributed by atoms with Crippen molar-refractivity contribution in [1.29, 1.82) is 0 Å². The quantitative estimate of drug-likeness (QED) is 0.386. The van der Waals surface area contributed by atoms with E-state index in [0.29, 0.717) is 37.0 Å². The zero-order valence-electron chi connectivity index (χ0n) is 19.9. The first-order chi connectivity index (χ1) is 14.7. The lowest BCUT2D eigenvalue weighted by atomic mass is 9.46. The minimum absolute atomic E-state index is 0.0330. The molecule has 0 N–H and O–H groups in total. The molecule has 0 aromatic carbocycles. The average Bonchev–Trinajstić information content (AvgIpc) is 3.02. The summed E-state index contributed by atoms with van der Waals surface area (Å²) in [4.78, 5) is 37.8. The van der Waals surface area contributed by atoms with E-state index in [-0.39, 0.29) is 28.4 Å². The van der Waals surface area contributed by atoms with E-state index < -0.39 is 5.60 Å². The predicted octanol–water partition coefficient (Wildman–Crippen LogP) is 5.97. The lowest BCUT2D eigenvalue weighted by molar-refractivity contribution is -0.189. The normalized spacial score (nSPS) is 41.6. The molecule has 172 valence electrons. The molecule has 4 heteroatoms. The summed E-state index contributed by atoms with van der Waals surface area (Å²) in [5, 5.41) is 0. The summed E-state index contributed by atoms with van der Waals surface area (Å²) in [6.07, 6.45) is 12.6. The fourth-order valence-electron chi connectivity index (χ4n) is 8.14. The average molecular weight is 429 g/mol. The van der Waals surface area contributed by atoms with Crippen molar-refractivity contribution in [3.8, 4) is 0 Å². The molecule has 4 rings (SSSR count). The minimum atomic E-state index is -0.953. The molecule has 6 atom stereocenters. The standard InChI is InChI=1S/C27H40O4/c1-5-6-7-8-24(30)31-27(18(2)28)16-13-23-21-10-9-19-17-20(29)11-14-25(19,3)22(21)12-15-26(23,27)4/h17,21-23H,5-16H2,1-4H3/t21?,22?,23?,25-,26-,27?/m0/s1. The van der Waals surface area contributed by atoms with Gasteiger partial charge in [-0.1, -0.05) is 39.2 Å². The largest absolute Gasteiger partial charge is 0.450 e. The number of hydrogen-bond acceptors (Lipinski definition) is 4. The molecule has 0 aliphatic heterocycles. The molecule has 0 bridgehead atoms. The van der Waals surface area contributed by atoms with E-state index in [1.165, 1.54) is 5.57 Å². The second-order valence-corrected chi connectivity index (χ2v) is 11.3. The van der Waals surface area contributed by atoms with Crippen LogP contribution in [0.4, 0.5) is 0 Å². The Morgan fingerprint density at radius 3 is 2.48 bits per heavy atom. The molecular weight excluding hydrogens is 388 g/mol. The molecule has 3 fully saturated rings. The number of unbranched alkanes of at least 4 members (excludes halogenated alkanes) is 2. The number of hydrogen-bond donors (Lipinski definition) is 0. The Morgan fingerprint density at radius 1 is 1.03 bits per heavy atom. The van der Waals surface area contributed by atoms with E-state index in [1.807, 2.05) is 6.08 Å². The van der Waals surface area contributed by atoms with Crippen LogP contribution in [0.25, 0.3) is 0 Å². The minimum Gasteiger partial charge on any atom is -0.450 e. The lowest BCUT2D eigenvalue weighted by Crippen LogP contribution is -2.58. The number of fused-ring (bicyclic) bond motifs is 5. The maximum atomic E-state index is 13.1. The van der Waals surface area contributed by atoms with Gasteiger partial charge in [0, 0.05) is 18.3 Å². The smallest absolute Gasteiger partial charge is 0.306 e. The third-order valence-corrected chi connectivity index (χ3v) is 9.92. The Morgan fingerprint density at radius 2 is 1.77 bits per heavy atom. The molecule has 0 aromatic rings. The molecule has 4 unspecified atom stereocenters. The summed E-state index contributed by atoms with van der Waals surface area (Å²) in [6, 6.07) is 0. The summed E-state index contributed by atoms with van der Waals surface area (Å²) >= 11 is 0. The molecule has 0 heterocycles. The van der Waals surface area contributed by atoms with Crippen molar-refractivity contribution < 1.29 is 19.1 Å².